The zero-order chi connectivity index (χ0) is 17.9. The molecule has 26 heavy (non-hydrogen) atoms. The molecule has 1 fully saturated rings. The van der Waals surface area contributed by atoms with E-state index in [-0.39, 0.29) is 0 Å². The average Bonchev–Trinajstić information content (AvgIpc) is 2.68. The molecule has 2 N–H and O–H groups in total. The van der Waals surface area contributed by atoms with Crippen LogP contribution in [0.15, 0.2) is 42.7 Å². The molecule has 1 aliphatic heterocycles. The van der Waals surface area contributed by atoms with Crippen molar-refractivity contribution < 1.29 is 4.74 Å². The monoisotopic (exact) mass is 349 g/mol. The molecule has 3 aromatic rings. The van der Waals surface area contributed by atoms with Crippen LogP contribution in [0.25, 0.3) is 11.0 Å². The molecule has 1 aliphatic rings. The topological polar surface area (TPSA) is 77.2 Å². The molecule has 4 rings (SSSR count). The van der Waals surface area contributed by atoms with Gasteiger partial charge in [0.05, 0.1) is 12.5 Å². The summed E-state index contributed by atoms with van der Waals surface area (Å²) >= 11 is 0. The highest BCUT2D eigenvalue weighted by Gasteiger charge is 2.22. The molecule has 2 aromatic heterocycles. The van der Waals surface area contributed by atoms with Crippen LogP contribution in [-0.4, -0.2) is 35.2 Å². The standard InChI is InChI=1S/C20H23N5O/c1-26-16-4-2-3-15(12-16)11-14-7-9-25(10-8-14)20-17-5-6-18(21)24-19(17)22-13-23-20/h2-6,12-14H,7-11H2,1H3,(H2,21,22,23,24). The maximum absolute atomic E-state index is 5.77. The van der Waals surface area contributed by atoms with Crippen LogP contribution in [0.4, 0.5) is 11.6 Å². The molecule has 6 heteroatoms. The first-order valence-corrected chi connectivity index (χ1v) is 8.98. The summed E-state index contributed by atoms with van der Waals surface area (Å²) in [6.45, 7) is 1.98. The Morgan fingerprint density at radius 2 is 2.00 bits per heavy atom. The highest BCUT2D eigenvalue weighted by Crippen LogP contribution is 2.29. The second kappa shape index (κ2) is 7.15. The molecular formula is C20H23N5O. The lowest BCUT2D eigenvalue weighted by atomic mass is 9.90. The van der Waals surface area contributed by atoms with Gasteiger partial charge in [-0.2, -0.15) is 0 Å². The Labute approximate surface area is 153 Å². The van der Waals surface area contributed by atoms with Crippen molar-refractivity contribution >= 4 is 22.7 Å². The Morgan fingerprint density at radius 3 is 2.81 bits per heavy atom. The zero-order valence-electron chi connectivity index (χ0n) is 14.9. The summed E-state index contributed by atoms with van der Waals surface area (Å²) in [5, 5.41) is 0.966. The number of ether oxygens (including phenoxy) is 1. The van der Waals surface area contributed by atoms with Crippen LogP contribution >= 0.6 is 0 Å². The summed E-state index contributed by atoms with van der Waals surface area (Å²) in [5.74, 6) is 3.06. The van der Waals surface area contributed by atoms with E-state index in [0.717, 1.165) is 49.3 Å². The quantitative estimate of drug-likeness (QED) is 0.780. The number of benzene rings is 1. The number of nitrogens with two attached hydrogens (primary N) is 1. The van der Waals surface area contributed by atoms with Crippen molar-refractivity contribution in [3.05, 3.63) is 48.3 Å². The van der Waals surface area contributed by atoms with Gasteiger partial charge in [-0.15, -0.1) is 0 Å². The Balaban J connectivity index is 1.45. The number of hydrogen-bond acceptors (Lipinski definition) is 6. The van der Waals surface area contributed by atoms with Crippen LogP contribution in [0.3, 0.4) is 0 Å². The number of rotatable bonds is 4. The number of anilines is 2. The van der Waals surface area contributed by atoms with Gasteiger partial charge in [-0.3, -0.25) is 0 Å². The van der Waals surface area contributed by atoms with Gasteiger partial charge in [-0.1, -0.05) is 12.1 Å². The zero-order valence-corrected chi connectivity index (χ0v) is 14.9. The summed E-state index contributed by atoms with van der Waals surface area (Å²) in [4.78, 5) is 15.4. The molecule has 0 spiro atoms. The van der Waals surface area contributed by atoms with Gasteiger partial charge < -0.3 is 15.4 Å². The Hall–Kier alpha value is -2.89. The lowest BCUT2D eigenvalue weighted by Crippen LogP contribution is -2.35. The van der Waals surface area contributed by atoms with Gasteiger partial charge in [0.1, 0.15) is 23.7 Å². The van der Waals surface area contributed by atoms with Crippen LogP contribution in [0.2, 0.25) is 0 Å². The summed E-state index contributed by atoms with van der Waals surface area (Å²) in [6, 6.07) is 12.2. The fraction of sp³-hybridized carbons (Fsp3) is 0.350. The Kier molecular flexibility index (Phi) is 4.56. The van der Waals surface area contributed by atoms with E-state index in [4.69, 9.17) is 10.5 Å². The molecule has 1 saturated heterocycles. The van der Waals surface area contributed by atoms with Gasteiger partial charge >= 0.3 is 0 Å². The first-order chi connectivity index (χ1) is 12.7. The largest absolute Gasteiger partial charge is 0.497 e. The molecule has 6 nitrogen and oxygen atoms in total. The molecule has 0 saturated carbocycles. The van der Waals surface area contributed by atoms with Crippen molar-refractivity contribution in [1.29, 1.82) is 0 Å². The molecule has 1 aromatic carbocycles. The van der Waals surface area contributed by atoms with Crippen LogP contribution in [0, 0.1) is 5.92 Å². The number of pyridine rings is 1. The number of methoxy groups -OCH3 is 1. The third-order valence-electron chi connectivity index (χ3n) is 5.07. The fourth-order valence-electron chi connectivity index (χ4n) is 3.68. The molecule has 0 bridgehead atoms. The van der Waals surface area contributed by atoms with Crippen molar-refractivity contribution in [1.82, 2.24) is 15.0 Å². The van der Waals surface area contributed by atoms with Gasteiger partial charge in [0.2, 0.25) is 0 Å². The summed E-state index contributed by atoms with van der Waals surface area (Å²) in [5.41, 5.74) is 7.77. The Bertz CT molecular complexity index is 906. The number of piperidine rings is 1. The van der Waals surface area contributed by atoms with Gasteiger partial charge in [0, 0.05) is 13.1 Å². The summed E-state index contributed by atoms with van der Waals surface area (Å²) < 4.78 is 5.33. The number of nitrogens with zero attached hydrogens (tertiary/aromatic N) is 4. The van der Waals surface area contributed by atoms with E-state index in [9.17, 15) is 0 Å². The van der Waals surface area contributed by atoms with E-state index < -0.39 is 0 Å². The highest BCUT2D eigenvalue weighted by atomic mass is 16.5. The van der Waals surface area contributed by atoms with Gasteiger partial charge in [0.25, 0.3) is 0 Å². The molecule has 0 amide bonds. The normalized spacial score (nSPS) is 15.3. The van der Waals surface area contributed by atoms with Crippen molar-refractivity contribution in [2.24, 2.45) is 5.92 Å². The first-order valence-electron chi connectivity index (χ1n) is 8.98. The lowest BCUT2D eigenvalue weighted by Gasteiger charge is -2.33. The van der Waals surface area contributed by atoms with Crippen LogP contribution in [0.5, 0.6) is 5.75 Å². The SMILES string of the molecule is COc1cccc(CC2CCN(c3ncnc4nc(N)ccc34)CC2)c1. The average molecular weight is 349 g/mol. The molecular weight excluding hydrogens is 326 g/mol. The van der Waals surface area contributed by atoms with E-state index in [0.29, 0.717) is 17.4 Å². The van der Waals surface area contributed by atoms with E-state index in [1.54, 1.807) is 13.4 Å². The highest BCUT2D eigenvalue weighted by molar-refractivity contribution is 5.87. The minimum Gasteiger partial charge on any atom is -0.497 e. The van der Waals surface area contributed by atoms with Crippen LogP contribution in [-0.2, 0) is 6.42 Å². The van der Waals surface area contributed by atoms with Crippen LogP contribution < -0.4 is 15.4 Å². The fourth-order valence-corrected chi connectivity index (χ4v) is 3.68. The minimum atomic E-state index is 0.485. The minimum absolute atomic E-state index is 0.485. The van der Waals surface area contributed by atoms with Crippen molar-refractivity contribution in [3.8, 4) is 5.75 Å². The van der Waals surface area contributed by atoms with E-state index >= 15 is 0 Å². The van der Waals surface area contributed by atoms with Gasteiger partial charge in [-0.05, 0) is 55.0 Å². The summed E-state index contributed by atoms with van der Waals surface area (Å²) in [7, 11) is 1.71. The predicted molar refractivity (Wildman–Crippen MR) is 103 cm³/mol. The number of hydrogen-bond donors (Lipinski definition) is 1. The number of fused-ring (bicyclic) bond motifs is 1. The molecule has 3 heterocycles. The third kappa shape index (κ3) is 3.40. The van der Waals surface area contributed by atoms with Gasteiger partial charge in [-0.25, -0.2) is 15.0 Å². The number of nitrogen functional groups attached to an aromatic ring is 1. The van der Waals surface area contributed by atoms with Crippen molar-refractivity contribution in [2.75, 3.05) is 30.8 Å². The smallest absolute Gasteiger partial charge is 0.166 e. The second-order valence-electron chi connectivity index (χ2n) is 6.79. The molecule has 0 unspecified atom stereocenters. The van der Waals surface area contributed by atoms with E-state index in [1.165, 1.54) is 5.56 Å². The Morgan fingerprint density at radius 1 is 1.15 bits per heavy atom. The molecule has 134 valence electrons. The molecule has 0 radical (unpaired) electrons. The van der Waals surface area contributed by atoms with Crippen molar-refractivity contribution in [2.45, 2.75) is 19.3 Å². The molecule has 0 atom stereocenters. The third-order valence-corrected chi connectivity index (χ3v) is 5.07. The summed E-state index contributed by atoms with van der Waals surface area (Å²) in [6.07, 6.45) is 4.95. The lowest BCUT2D eigenvalue weighted by molar-refractivity contribution is 0.398. The van der Waals surface area contributed by atoms with Crippen LogP contribution in [0.1, 0.15) is 18.4 Å². The maximum Gasteiger partial charge on any atom is 0.166 e. The van der Waals surface area contributed by atoms with Gasteiger partial charge in [0.15, 0.2) is 5.65 Å². The first kappa shape index (κ1) is 16.6. The van der Waals surface area contributed by atoms with E-state index in [2.05, 4.69) is 38.1 Å². The second-order valence-corrected chi connectivity index (χ2v) is 6.79. The maximum atomic E-state index is 5.77. The molecule has 0 aliphatic carbocycles. The predicted octanol–water partition coefficient (Wildman–Crippen LogP) is 3.07. The van der Waals surface area contributed by atoms with E-state index in [1.807, 2.05) is 18.2 Å². The number of aromatic nitrogens is 3. The van der Waals surface area contributed by atoms with Crippen molar-refractivity contribution in [3.63, 3.8) is 0 Å².